The van der Waals surface area contributed by atoms with E-state index in [4.69, 9.17) is 9.47 Å². The van der Waals surface area contributed by atoms with E-state index in [1.807, 2.05) is 27.9 Å². The number of carbonyl (C=O) groups excluding carboxylic acids is 2. The van der Waals surface area contributed by atoms with E-state index in [1.54, 1.807) is 12.0 Å². The molecule has 0 aromatic rings. The van der Waals surface area contributed by atoms with Crippen molar-refractivity contribution in [1.29, 1.82) is 0 Å². The second-order valence-electron chi connectivity index (χ2n) is 11.5. The number of amides is 2. The van der Waals surface area contributed by atoms with Crippen LogP contribution in [0.1, 0.15) is 88.0 Å². The van der Waals surface area contributed by atoms with Crippen molar-refractivity contribution in [3.63, 3.8) is 0 Å². The summed E-state index contributed by atoms with van der Waals surface area (Å²) in [6.07, 6.45) is 3.61. The molecule has 0 aromatic heterocycles. The Morgan fingerprint density at radius 2 is 1.60 bits per heavy atom. The highest BCUT2D eigenvalue weighted by atomic mass is 16.5. The van der Waals surface area contributed by atoms with Crippen LogP contribution in [-0.2, 0) is 19.1 Å². The minimum atomic E-state index is -0.313. The number of nitrogens with one attached hydrogen (secondary N) is 1. The zero-order chi connectivity index (χ0) is 27.3. The molecule has 0 bridgehead atoms. The Labute approximate surface area is 216 Å². The standard InChI is InChI=1S/C28H57N3O4/c1-13-22(7)26(23(14-2)34-12)31(11)24(32)19-29-27(33)25(21(5)6)30(10)17-16-28(8,9)35-18-15-20(3)4/h20-23,25-26H,13-19H2,1-12H3,(H,29,33). The van der Waals surface area contributed by atoms with Gasteiger partial charge in [-0.05, 0) is 57.9 Å². The van der Waals surface area contributed by atoms with Crippen LogP contribution in [0.15, 0.2) is 0 Å². The van der Waals surface area contributed by atoms with Gasteiger partial charge in [-0.15, -0.1) is 0 Å². The average molecular weight is 500 g/mol. The first-order chi connectivity index (χ1) is 16.2. The maximum atomic E-state index is 13.2. The van der Waals surface area contributed by atoms with Crippen molar-refractivity contribution in [3.8, 4) is 0 Å². The van der Waals surface area contributed by atoms with Gasteiger partial charge in [-0.2, -0.15) is 0 Å². The van der Waals surface area contributed by atoms with Crippen LogP contribution < -0.4 is 5.32 Å². The van der Waals surface area contributed by atoms with E-state index in [0.717, 1.165) is 38.8 Å². The van der Waals surface area contributed by atoms with Crippen molar-refractivity contribution in [1.82, 2.24) is 15.1 Å². The summed E-state index contributed by atoms with van der Waals surface area (Å²) in [5.41, 5.74) is -0.248. The summed E-state index contributed by atoms with van der Waals surface area (Å²) in [5, 5.41) is 2.91. The van der Waals surface area contributed by atoms with Crippen LogP contribution in [-0.4, -0.2) is 86.3 Å². The van der Waals surface area contributed by atoms with E-state index in [2.05, 4.69) is 58.7 Å². The highest BCUT2D eigenvalue weighted by Crippen LogP contribution is 2.22. The molecule has 0 fully saturated rings. The number of methoxy groups -OCH3 is 1. The number of hydrogen-bond acceptors (Lipinski definition) is 5. The number of hydrogen-bond donors (Lipinski definition) is 1. The molecule has 208 valence electrons. The molecule has 0 radical (unpaired) electrons. The summed E-state index contributed by atoms with van der Waals surface area (Å²) < 4.78 is 11.8. The van der Waals surface area contributed by atoms with Gasteiger partial charge in [0.05, 0.1) is 30.3 Å². The molecular weight excluding hydrogens is 442 g/mol. The third-order valence-electron chi connectivity index (χ3n) is 7.20. The number of likely N-dealkylation sites (N-methyl/N-ethyl adjacent to an activating group) is 2. The quantitative estimate of drug-likeness (QED) is 0.299. The van der Waals surface area contributed by atoms with Crippen molar-refractivity contribution in [2.45, 2.75) is 112 Å². The lowest BCUT2D eigenvalue weighted by atomic mass is 9.91. The van der Waals surface area contributed by atoms with Gasteiger partial charge in [0.15, 0.2) is 0 Å². The molecule has 4 unspecified atom stereocenters. The molecule has 0 aliphatic rings. The Kier molecular flexibility index (Phi) is 16.0. The van der Waals surface area contributed by atoms with Crippen LogP contribution in [0.5, 0.6) is 0 Å². The van der Waals surface area contributed by atoms with Crippen LogP contribution in [0.2, 0.25) is 0 Å². The molecule has 0 rings (SSSR count). The number of nitrogens with zero attached hydrogens (tertiary/aromatic N) is 2. The Morgan fingerprint density at radius 3 is 2.06 bits per heavy atom. The lowest BCUT2D eigenvalue weighted by Crippen LogP contribution is -2.54. The van der Waals surface area contributed by atoms with Crippen molar-refractivity contribution in [3.05, 3.63) is 0 Å². The lowest BCUT2D eigenvalue weighted by Gasteiger charge is -2.38. The third-order valence-corrected chi connectivity index (χ3v) is 7.20. The highest BCUT2D eigenvalue weighted by Gasteiger charge is 2.33. The maximum Gasteiger partial charge on any atom is 0.242 e. The first kappa shape index (κ1) is 33.8. The molecule has 2 amide bonds. The fourth-order valence-corrected chi connectivity index (χ4v) is 4.58. The molecule has 0 aromatic carbocycles. The van der Waals surface area contributed by atoms with Crippen molar-refractivity contribution < 1.29 is 19.1 Å². The lowest BCUT2D eigenvalue weighted by molar-refractivity contribution is -0.138. The summed E-state index contributed by atoms with van der Waals surface area (Å²) in [4.78, 5) is 30.0. The molecule has 0 saturated carbocycles. The molecule has 1 N–H and O–H groups in total. The van der Waals surface area contributed by atoms with Crippen LogP contribution >= 0.6 is 0 Å². The Morgan fingerprint density at radius 1 is 1.00 bits per heavy atom. The summed E-state index contributed by atoms with van der Waals surface area (Å²) in [6.45, 7) is 20.5. The van der Waals surface area contributed by atoms with E-state index < -0.39 is 0 Å². The van der Waals surface area contributed by atoms with E-state index in [1.165, 1.54) is 0 Å². The summed E-state index contributed by atoms with van der Waals surface area (Å²) in [6, 6.07) is -0.340. The first-order valence-corrected chi connectivity index (χ1v) is 13.6. The van der Waals surface area contributed by atoms with Crippen molar-refractivity contribution in [2.75, 3.05) is 40.9 Å². The minimum absolute atomic E-state index is 0.0106. The van der Waals surface area contributed by atoms with E-state index in [-0.39, 0.29) is 48.1 Å². The van der Waals surface area contributed by atoms with Crippen LogP contribution in [0.25, 0.3) is 0 Å². The molecule has 7 heteroatoms. The van der Waals surface area contributed by atoms with E-state index >= 15 is 0 Å². The van der Waals surface area contributed by atoms with Gasteiger partial charge in [0.25, 0.3) is 0 Å². The SMILES string of the molecule is CCC(C)C(C(CC)OC)N(C)C(=O)CNC(=O)C(C(C)C)N(C)CCC(C)(C)OCCC(C)C. The predicted molar refractivity (Wildman–Crippen MR) is 145 cm³/mol. The van der Waals surface area contributed by atoms with Gasteiger partial charge in [0.1, 0.15) is 0 Å². The maximum absolute atomic E-state index is 13.2. The summed E-state index contributed by atoms with van der Waals surface area (Å²) in [5.74, 6) is 0.826. The molecule has 0 spiro atoms. The minimum Gasteiger partial charge on any atom is -0.379 e. The Hall–Kier alpha value is -1.18. The Bertz CT molecular complexity index is 605. The third kappa shape index (κ3) is 12.1. The number of carbonyl (C=O) groups is 2. The van der Waals surface area contributed by atoms with Crippen LogP contribution in [0, 0.1) is 17.8 Å². The number of ether oxygens (including phenoxy) is 2. The molecule has 7 nitrogen and oxygen atoms in total. The molecular formula is C28H57N3O4. The average Bonchev–Trinajstić information content (AvgIpc) is 2.78. The molecule has 0 saturated heterocycles. The van der Waals surface area contributed by atoms with Gasteiger partial charge in [-0.25, -0.2) is 0 Å². The monoisotopic (exact) mass is 499 g/mol. The van der Waals surface area contributed by atoms with E-state index in [9.17, 15) is 9.59 Å². The summed E-state index contributed by atoms with van der Waals surface area (Å²) >= 11 is 0. The van der Waals surface area contributed by atoms with Crippen molar-refractivity contribution in [2.24, 2.45) is 17.8 Å². The molecule has 35 heavy (non-hydrogen) atoms. The molecule has 0 aliphatic carbocycles. The first-order valence-electron chi connectivity index (χ1n) is 13.6. The molecule has 0 heterocycles. The predicted octanol–water partition coefficient (Wildman–Crippen LogP) is 4.59. The van der Waals surface area contributed by atoms with Gasteiger partial charge in [0, 0.05) is 27.3 Å². The normalized spacial score (nSPS) is 15.9. The fourth-order valence-electron chi connectivity index (χ4n) is 4.58. The summed E-state index contributed by atoms with van der Waals surface area (Å²) in [7, 11) is 5.50. The van der Waals surface area contributed by atoms with E-state index in [0.29, 0.717) is 11.8 Å². The zero-order valence-corrected chi connectivity index (χ0v) is 24.9. The van der Waals surface area contributed by atoms with Crippen LogP contribution in [0.4, 0.5) is 0 Å². The smallest absolute Gasteiger partial charge is 0.242 e. The van der Waals surface area contributed by atoms with Gasteiger partial charge in [-0.3, -0.25) is 14.5 Å². The zero-order valence-electron chi connectivity index (χ0n) is 24.9. The van der Waals surface area contributed by atoms with Gasteiger partial charge >= 0.3 is 0 Å². The molecule has 0 aliphatic heterocycles. The van der Waals surface area contributed by atoms with Crippen molar-refractivity contribution >= 4 is 11.8 Å². The second-order valence-corrected chi connectivity index (χ2v) is 11.5. The molecule has 4 atom stereocenters. The highest BCUT2D eigenvalue weighted by molar-refractivity contribution is 5.87. The largest absolute Gasteiger partial charge is 0.379 e. The van der Waals surface area contributed by atoms with Crippen LogP contribution in [0.3, 0.4) is 0 Å². The topological polar surface area (TPSA) is 71.1 Å². The second kappa shape index (κ2) is 16.5. The Balaban J connectivity index is 5.07. The van der Waals surface area contributed by atoms with Gasteiger partial charge in [-0.1, -0.05) is 54.9 Å². The van der Waals surface area contributed by atoms with Gasteiger partial charge in [0.2, 0.25) is 11.8 Å². The van der Waals surface area contributed by atoms with Gasteiger partial charge < -0.3 is 19.7 Å². The number of rotatable bonds is 18. The fraction of sp³-hybridized carbons (Fsp3) is 0.929.